The Morgan fingerprint density at radius 1 is 0.853 bits per heavy atom. The van der Waals surface area contributed by atoms with Gasteiger partial charge < -0.3 is 9.80 Å². The highest BCUT2D eigenvalue weighted by molar-refractivity contribution is 7.92. The van der Waals surface area contributed by atoms with Gasteiger partial charge in [-0.25, -0.2) is 8.42 Å². The molecule has 0 aromatic heterocycles. The maximum Gasteiger partial charge on any atom is 0.254 e. The van der Waals surface area contributed by atoms with E-state index in [0.717, 1.165) is 16.3 Å². The molecule has 2 heterocycles. The number of benzene rings is 3. The van der Waals surface area contributed by atoms with Gasteiger partial charge >= 0.3 is 0 Å². The third-order valence-electron chi connectivity index (χ3n) is 6.71. The minimum absolute atomic E-state index is 0.0173. The second-order valence-corrected chi connectivity index (χ2v) is 10.9. The monoisotopic (exact) mass is 477 g/mol. The van der Waals surface area contributed by atoms with Crippen molar-refractivity contribution in [3.05, 3.63) is 77.4 Å². The van der Waals surface area contributed by atoms with Gasteiger partial charge in [-0.1, -0.05) is 36.4 Å². The number of hydrogen-bond donors (Lipinski definition) is 0. The molecular formula is C26H27N3O4S. The second kappa shape index (κ2) is 8.43. The average Bonchev–Trinajstić information content (AvgIpc) is 3.18. The SMILES string of the molecule is CC1Cc2cc(C(=O)N3CCN(C(=O)c4cccc5ccccc45)CC3)ccc2N1S(C)(=O)=O. The van der Waals surface area contributed by atoms with Crippen LogP contribution in [0.2, 0.25) is 0 Å². The Hall–Kier alpha value is -3.39. The molecule has 3 aromatic carbocycles. The summed E-state index contributed by atoms with van der Waals surface area (Å²) in [6.45, 7) is 3.72. The molecule has 3 aromatic rings. The van der Waals surface area contributed by atoms with Gasteiger partial charge in [-0.3, -0.25) is 13.9 Å². The fraction of sp³-hybridized carbons (Fsp3) is 0.308. The third-order valence-corrected chi connectivity index (χ3v) is 7.98. The number of nitrogens with zero attached hydrogens (tertiary/aromatic N) is 3. The summed E-state index contributed by atoms with van der Waals surface area (Å²) in [4.78, 5) is 29.9. The fourth-order valence-electron chi connectivity index (χ4n) is 5.12. The Balaban J connectivity index is 1.29. The molecule has 0 spiro atoms. The van der Waals surface area contributed by atoms with Crippen LogP contribution in [-0.4, -0.2) is 68.5 Å². The van der Waals surface area contributed by atoms with Gasteiger partial charge in [0.15, 0.2) is 0 Å². The van der Waals surface area contributed by atoms with Crippen LogP contribution in [0.1, 0.15) is 33.2 Å². The predicted octanol–water partition coefficient (Wildman–Crippen LogP) is 3.15. The molecule has 34 heavy (non-hydrogen) atoms. The van der Waals surface area contributed by atoms with Crippen LogP contribution in [0.4, 0.5) is 5.69 Å². The molecule has 5 rings (SSSR count). The molecule has 0 saturated carbocycles. The van der Waals surface area contributed by atoms with Crippen molar-refractivity contribution in [3.8, 4) is 0 Å². The first-order valence-electron chi connectivity index (χ1n) is 11.4. The third kappa shape index (κ3) is 3.92. The van der Waals surface area contributed by atoms with Crippen molar-refractivity contribution in [2.45, 2.75) is 19.4 Å². The number of carbonyl (C=O) groups excluding carboxylic acids is 2. The van der Waals surface area contributed by atoms with Gasteiger partial charge in [-0.15, -0.1) is 0 Å². The first kappa shape index (κ1) is 22.4. The summed E-state index contributed by atoms with van der Waals surface area (Å²) in [5.74, 6) is -0.109. The Morgan fingerprint density at radius 2 is 1.50 bits per heavy atom. The number of amides is 2. The molecule has 2 aliphatic heterocycles. The zero-order valence-electron chi connectivity index (χ0n) is 19.3. The number of fused-ring (bicyclic) bond motifs is 2. The van der Waals surface area contributed by atoms with Crippen LogP contribution in [0, 0.1) is 0 Å². The van der Waals surface area contributed by atoms with Gasteiger partial charge in [0.2, 0.25) is 10.0 Å². The van der Waals surface area contributed by atoms with Crippen molar-refractivity contribution in [2.75, 3.05) is 36.7 Å². The minimum Gasteiger partial charge on any atom is -0.335 e. The van der Waals surface area contributed by atoms with Crippen LogP contribution < -0.4 is 4.31 Å². The van der Waals surface area contributed by atoms with Crippen molar-refractivity contribution < 1.29 is 18.0 Å². The predicted molar refractivity (Wildman–Crippen MR) is 133 cm³/mol. The maximum absolute atomic E-state index is 13.2. The number of carbonyl (C=O) groups is 2. The Morgan fingerprint density at radius 3 is 2.21 bits per heavy atom. The Labute approximate surface area is 199 Å². The van der Waals surface area contributed by atoms with E-state index in [9.17, 15) is 18.0 Å². The van der Waals surface area contributed by atoms with Gasteiger partial charge in [-0.05, 0) is 53.9 Å². The second-order valence-electron chi connectivity index (χ2n) is 9.07. The molecule has 8 heteroatoms. The molecule has 1 saturated heterocycles. The van der Waals surface area contributed by atoms with E-state index in [-0.39, 0.29) is 17.9 Å². The summed E-state index contributed by atoms with van der Waals surface area (Å²) in [7, 11) is -3.37. The standard InChI is InChI=1S/C26H27N3O4S/c1-18-16-21-17-20(10-11-24(21)29(18)34(2,32)33)25(30)27-12-14-28(15-13-27)26(31)23-9-5-7-19-6-3-4-8-22(19)23/h3-11,17-18H,12-16H2,1-2H3. The topological polar surface area (TPSA) is 78.0 Å². The van der Waals surface area contributed by atoms with Crippen molar-refractivity contribution >= 4 is 38.3 Å². The molecule has 0 radical (unpaired) electrons. The minimum atomic E-state index is -3.37. The Kier molecular flexibility index (Phi) is 5.56. The summed E-state index contributed by atoms with van der Waals surface area (Å²) in [6.07, 6.45) is 1.79. The molecule has 1 fully saturated rings. The van der Waals surface area contributed by atoms with Gasteiger partial charge in [-0.2, -0.15) is 0 Å². The van der Waals surface area contributed by atoms with E-state index < -0.39 is 10.0 Å². The van der Waals surface area contributed by atoms with Crippen LogP contribution in [0.5, 0.6) is 0 Å². The van der Waals surface area contributed by atoms with E-state index in [1.807, 2.05) is 55.5 Å². The lowest BCUT2D eigenvalue weighted by Gasteiger charge is -2.35. The average molecular weight is 478 g/mol. The summed E-state index contributed by atoms with van der Waals surface area (Å²) in [5, 5.41) is 1.96. The van der Waals surface area contributed by atoms with Crippen LogP contribution in [-0.2, 0) is 16.4 Å². The quantitative estimate of drug-likeness (QED) is 0.581. The van der Waals surface area contributed by atoms with Gasteiger partial charge in [0.1, 0.15) is 0 Å². The lowest BCUT2D eigenvalue weighted by molar-refractivity contribution is 0.0536. The lowest BCUT2D eigenvalue weighted by Crippen LogP contribution is -2.50. The molecule has 176 valence electrons. The van der Waals surface area contributed by atoms with E-state index >= 15 is 0 Å². The Bertz CT molecular complexity index is 1390. The summed E-state index contributed by atoms with van der Waals surface area (Å²) < 4.78 is 25.7. The van der Waals surface area contributed by atoms with Crippen molar-refractivity contribution in [2.24, 2.45) is 0 Å². The largest absolute Gasteiger partial charge is 0.335 e. The molecule has 1 unspecified atom stereocenters. The highest BCUT2D eigenvalue weighted by Gasteiger charge is 2.33. The van der Waals surface area contributed by atoms with Crippen molar-refractivity contribution in [1.82, 2.24) is 9.80 Å². The zero-order valence-corrected chi connectivity index (χ0v) is 20.1. The molecule has 7 nitrogen and oxygen atoms in total. The normalized spacial score (nSPS) is 18.3. The van der Waals surface area contributed by atoms with Crippen molar-refractivity contribution in [3.63, 3.8) is 0 Å². The number of hydrogen-bond acceptors (Lipinski definition) is 4. The maximum atomic E-state index is 13.2. The summed E-state index contributed by atoms with van der Waals surface area (Å²) in [6, 6.07) is 18.7. The number of anilines is 1. The van der Waals surface area contributed by atoms with E-state index in [1.54, 1.807) is 21.9 Å². The number of piperazine rings is 1. The highest BCUT2D eigenvalue weighted by Crippen LogP contribution is 2.35. The first-order valence-corrected chi connectivity index (χ1v) is 13.3. The number of sulfonamides is 1. The highest BCUT2D eigenvalue weighted by atomic mass is 32.2. The van der Waals surface area contributed by atoms with Gasteiger partial charge in [0.25, 0.3) is 11.8 Å². The van der Waals surface area contributed by atoms with Crippen LogP contribution >= 0.6 is 0 Å². The van der Waals surface area contributed by atoms with Crippen LogP contribution in [0.15, 0.2) is 60.7 Å². The molecule has 1 atom stereocenters. The molecule has 0 aliphatic carbocycles. The molecule has 2 aliphatic rings. The van der Waals surface area contributed by atoms with E-state index in [4.69, 9.17) is 0 Å². The van der Waals surface area contributed by atoms with Crippen LogP contribution in [0.3, 0.4) is 0 Å². The summed E-state index contributed by atoms with van der Waals surface area (Å²) >= 11 is 0. The van der Waals surface area contributed by atoms with Crippen molar-refractivity contribution in [1.29, 1.82) is 0 Å². The zero-order chi connectivity index (χ0) is 24.0. The van der Waals surface area contributed by atoms with E-state index in [0.29, 0.717) is 49.4 Å². The van der Waals surface area contributed by atoms with Crippen LogP contribution in [0.25, 0.3) is 10.8 Å². The van der Waals surface area contributed by atoms with Gasteiger partial charge in [0, 0.05) is 43.3 Å². The van der Waals surface area contributed by atoms with E-state index in [2.05, 4.69) is 0 Å². The lowest BCUT2D eigenvalue weighted by atomic mass is 10.0. The van der Waals surface area contributed by atoms with Gasteiger partial charge in [0.05, 0.1) is 11.9 Å². The molecule has 0 bridgehead atoms. The molecule has 2 amide bonds. The first-order chi connectivity index (χ1) is 16.2. The summed E-state index contributed by atoms with van der Waals surface area (Å²) in [5.41, 5.74) is 2.75. The molecule has 0 N–H and O–H groups in total. The number of rotatable bonds is 3. The van der Waals surface area contributed by atoms with E-state index in [1.165, 1.54) is 10.6 Å². The molecular weight excluding hydrogens is 450 g/mol. The smallest absolute Gasteiger partial charge is 0.254 e. The fourth-order valence-corrected chi connectivity index (χ4v) is 6.38.